The van der Waals surface area contributed by atoms with Crippen LogP contribution in [0.2, 0.25) is 0 Å². The van der Waals surface area contributed by atoms with Crippen LogP contribution in [0.15, 0.2) is 0 Å². The molecule has 0 saturated heterocycles. The molecule has 2 unspecified atom stereocenters. The van der Waals surface area contributed by atoms with E-state index in [2.05, 4.69) is 0 Å². The maximum atomic E-state index is 6.30. The highest BCUT2D eigenvalue weighted by atomic mass is 35.5. The van der Waals surface area contributed by atoms with Gasteiger partial charge in [-0.1, -0.05) is 12.8 Å². The third-order valence-electron chi connectivity index (χ3n) is 2.89. The SMILES string of the molecule is ClC12CCCC(CC1)C2. The minimum Gasteiger partial charge on any atom is -0.119 e. The first-order valence-corrected chi connectivity index (χ1v) is 4.35. The fraction of sp³-hybridized carbons (Fsp3) is 1.00. The molecule has 2 fully saturated rings. The van der Waals surface area contributed by atoms with Crippen molar-refractivity contribution in [2.75, 3.05) is 0 Å². The van der Waals surface area contributed by atoms with Crippen LogP contribution >= 0.6 is 11.6 Å². The molecular formula is C8H13Cl. The van der Waals surface area contributed by atoms with Crippen LogP contribution in [0.1, 0.15) is 38.5 Å². The Bertz CT molecular complexity index is 118. The van der Waals surface area contributed by atoms with Crippen LogP contribution in [0, 0.1) is 5.92 Å². The lowest BCUT2D eigenvalue weighted by molar-refractivity contribution is 0.380. The van der Waals surface area contributed by atoms with Gasteiger partial charge in [0, 0.05) is 4.87 Å². The van der Waals surface area contributed by atoms with Crippen molar-refractivity contribution in [3.05, 3.63) is 0 Å². The van der Waals surface area contributed by atoms with Crippen LogP contribution in [-0.2, 0) is 0 Å². The first-order chi connectivity index (χ1) is 4.29. The third kappa shape index (κ3) is 0.980. The molecule has 0 amide bonds. The van der Waals surface area contributed by atoms with E-state index in [1.807, 2.05) is 0 Å². The zero-order chi connectivity index (χ0) is 6.32. The molecule has 0 heterocycles. The monoisotopic (exact) mass is 144 g/mol. The van der Waals surface area contributed by atoms with Gasteiger partial charge in [0.25, 0.3) is 0 Å². The van der Waals surface area contributed by atoms with Crippen molar-refractivity contribution in [2.45, 2.75) is 43.4 Å². The van der Waals surface area contributed by atoms with Gasteiger partial charge in [0.15, 0.2) is 0 Å². The number of alkyl halides is 1. The number of rotatable bonds is 0. The average molecular weight is 145 g/mol. The number of halogens is 1. The third-order valence-corrected chi connectivity index (χ3v) is 3.42. The second-order valence-corrected chi connectivity index (χ2v) is 4.45. The smallest absolute Gasteiger partial charge is 0.0449 e. The van der Waals surface area contributed by atoms with E-state index in [1.54, 1.807) is 0 Å². The molecule has 0 aromatic rings. The molecule has 2 atom stereocenters. The number of fused-ring (bicyclic) bond motifs is 2. The molecule has 0 aromatic heterocycles. The lowest BCUT2D eigenvalue weighted by Gasteiger charge is -2.25. The van der Waals surface area contributed by atoms with Gasteiger partial charge in [-0.05, 0) is 31.6 Å². The zero-order valence-corrected chi connectivity index (χ0v) is 6.45. The van der Waals surface area contributed by atoms with E-state index < -0.39 is 0 Å². The summed E-state index contributed by atoms with van der Waals surface area (Å²) in [4.78, 5) is 0.267. The topological polar surface area (TPSA) is 0 Å². The molecule has 2 saturated carbocycles. The molecule has 2 rings (SSSR count). The van der Waals surface area contributed by atoms with E-state index in [4.69, 9.17) is 11.6 Å². The van der Waals surface area contributed by atoms with E-state index in [-0.39, 0.29) is 4.87 Å². The first kappa shape index (κ1) is 6.03. The average Bonchev–Trinajstić information content (AvgIpc) is 2.07. The number of hydrogen-bond acceptors (Lipinski definition) is 0. The van der Waals surface area contributed by atoms with Gasteiger partial charge in [0.1, 0.15) is 0 Å². The molecule has 2 aliphatic rings. The van der Waals surface area contributed by atoms with Gasteiger partial charge >= 0.3 is 0 Å². The van der Waals surface area contributed by atoms with Gasteiger partial charge < -0.3 is 0 Å². The van der Waals surface area contributed by atoms with Crippen molar-refractivity contribution in [1.29, 1.82) is 0 Å². The molecule has 0 spiro atoms. The lowest BCUT2D eigenvalue weighted by Crippen LogP contribution is -2.20. The first-order valence-electron chi connectivity index (χ1n) is 3.97. The Labute approximate surface area is 61.6 Å². The second kappa shape index (κ2) is 1.88. The summed E-state index contributed by atoms with van der Waals surface area (Å²) in [5, 5.41) is 0. The molecule has 0 aromatic carbocycles. The fourth-order valence-electron chi connectivity index (χ4n) is 2.37. The van der Waals surface area contributed by atoms with E-state index >= 15 is 0 Å². The minimum atomic E-state index is 0.267. The minimum absolute atomic E-state index is 0.267. The molecule has 52 valence electrons. The van der Waals surface area contributed by atoms with Crippen LogP contribution in [0.3, 0.4) is 0 Å². The Hall–Kier alpha value is 0.290. The summed E-state index contributed by atoms with van der Waals surface area (Å²) in [5.74, 6) is 0.997. The van der Waals surface area contributed by atoms with Crippen molar-refractivity contribution >= 4 is 11.6 Å². The quantitative estimate of drug-likeness (QED) is 0.459. The van der Waals surface area contributed by atoms with Gasteiger partial charge in [-0.3, -0.25) is 0 Å². The molecule has 2 bridgehead atoms. The highest BCUT2D eigenvalue weighted by Crippen LogP contribution is 2.48. The summed E-state index contributed by atoms with van der Waals surface area (Å²) in [6.07, 6.45) is 8.13. The summed E-state index contributed by atoms with van der Waals surface area (Å²) in [6.45, 7) is 0. The van der Waals surface area contributed by atoms with E-state index in [1.165, 1.54) is 38.5 Å². The Morgan fingerprint density at radius 1 is 1.22 bits per heavy atom. The summed E-state index contributed by atoms with van der Waals surface area (Å²) in [7, 11) is 0. The lowest BCUT2D eigenvalue weighted by atomic mass is 9.89. The van der Waals surface area contributed by atoms with Gasteiger partial charge in [-0.15, -0.1) is 11.6 Å². The van der Waals surface area contributed by atoms with E-state index in [0.717, 1.165) is 5.92 Å². The predicted octanol–water partition coefficient (Wildman–Crippen LogP) is 2.95. The molecule has 0 nitrogen and oxygen atoms in total. The molecule has 1 heteroatoms. The summed E-state index contributed by atoms with van der Waals surface area (Å²) in [6, 6.07) is 0. The Kier molecular flexibility index (Phi) is 1.26. The highest BCUT2D eigenvalue weighted by molar-refractivity contribution is 6.24. The van der Waals surface area contributed by atoms with Gasteiger partial charge in [-0.2, -0.15) is 0 Å². The van der Waals surface area contributed by atoms with Crippen molar-refractivity contribution in [2.24, 2.45) is 5.92 Å². The van der Waals surface area contributed by atoms with Gasteiger partial charge in [-0.25, -0.2) is 0 Å². The van der Waals surface area contributed by atoms with Gasteiger partial charge in [0.2, 0.25) is 0 Å². The normalized spacial score (nSPS) is 49.7. The van der Waals surface area contributed by atoms with Crippen molar-refractivity contribution in [3.8, 4) is 0 Å². The standard InChI is InChI=1S/C8H13Cl/c9-8-4-1-2-7(6-8)3-5-8/h7H,1-6H2. The molecule has 2 aliphatic carbocycles. The van der Waals surface area contributed by atoms with Gasteiger partial charge in [0.05, 0.1) is 0 Å². The van der Waals surface area contributed by atoms with E-state index in [9.17, 15) is 0 Å². The van der Waals surface area contributed by atoms with Crippen molar-refractivity contribution in [3.63, 3.8) is 0 Å². The molecule has 0 N–H and O–H groups in total. The van der Waals surface area contributed by atoms with Crippen LogP contribution < -0.4 is 0 Å². The van der Waals surface area contributed by atoms with Crippen LogP contribution in [0.25, 0.3) is 0 Å². The second-order valence-electron chi connectivity index (χ2n) is 3.65. The predicted molar refractivity (Wildman–Crippen MR) is 39.8 cm³/mol. The van der Waals surface area contributed by atoms with Crippen molar-refractivity contribution < 1.29 is 0 Å². The largest absolute Gasteiger partial charge is 0.119 e. The summed E-state index contributed by atoms with van der Waals surface area (Å²) < 4.78 is 0. The summed E-state index contributed by atoms with van der Waals surface area (Å²) >= 11 is 6.30. The van der Waals surface area contributed by atoms with E-state index in [0.29, 0.717) is 0 Å². The maximum Gasteiger partial charge on any atom is 0.0449 e. The molecular weight excluding hydrogens is 132 g/mol. The highest BCUT2D eigenvalue weighted by Gasteiger charge is 2.39. The molecule has 0 aliphatic heterocycles. The molecule has 0 radical (unpaired) electrons. The zero-order valence-electron chi connectivity index (χ0n) is 5.70. The van der Waals surface area contributed by atoms with Crippen LogP contribution in [0.5, 0.6) is 0 Å². The maximum absolute atomic E-state index is 6.30. The Morgan fingerprint density at radius 2 is 2.11 bits per heavy atom. The molecule has 9 heavy (non-hydrogen) atoms. The van der Waals surface area contributed by atoms with Crippen molar-refractivity contribution in [1.82, 2.24) is 0 Å². The van der Waals surface area contributed by atoms with Crippen LogP contribution in [0.4, 0.5) is 0 Å². The number of hydrogen-bond donors (Lipinski definition) is 0. The Morgan fingerprint density at radius 3 is 2.78 bits per heavy atom. The van der Waals surface area contributed by atoms with Crippen LogP contribution in [-0.4, -0.2) is 4.87 Å². The summed E-state index contributed by atoms with van der Waals surface area (Å²) in [5.41, 5.74) is 0. The Balaban J connectivity index is 2.13. The fourth-order valence-corrected chi connectivity index (χ4v) is 2.83.